The Kier molecular flexibility index (Phi) is 5.84. The minimum absolute atomic E-state index is 0.364. The molecule has 1 heterocycles. The summed E-state index contributed by atoms with van der Waals surface area (Å²) in [5.74, 6) is 2.27. The molecule has 0 amide bonds. The van der Waals surface area contributed by atoms with Crippen LogP contribution < -0.4 is 18.9 Å². The molecule has 0 N–H and O–H groups in total. The summed E-state index contributed by atoms with van der Waals surface area (Å²) in [5.41, 5.74) is 5.79. The van der Waals surface area contributed by atoms with Crippen molar-refractivity contribution in [3.05, 3.63) is 125 Å². The Morgan fingerprint density at radius 2 is 1.43 bits per heavy atom. The summed E-state index contributed by atoms with van der Waals surface area (Å²) in [4.78, 5) is 0. The lowest BCUT2D eigenvalue weighted by atomic mass is 9.76. The van der Waals surface area contributed by atoms with E-state index in [2.05, 4.69) is 50.3 Å². The molecule has 0 radical (unpaired) electrons. The minimum Gasteiger partial charge on any atom is -0.497 e. The van der Waals surface area contributed by atoms with E-state index in [4.69, 9.17) is 18.9 Å². The van der Waals surface area contributed by atoms with Crippen molar-refractivity contribution in [2.24, 2.45) is 0 Å². The quantitative estimate of drug-likeness (QED) is 0.216. The van der Waals surface area contributed by atoms with E-state index in [0.29, 0.717) is 11.5 Å². The first-order valence-corrected chi connectivity index (χ1v) is 14.0. The molecule has 4 nitrogen and oxygen atoms in total. The van der Waals surface area contributed by atoms with Crippen molar-refractivity contribution >= 4 is 16.8 Å². The molecule has 42 heavy (non-hydrogen) atoms. The lowest BCUT2D eigenvalue weighted by Gasteiger charge is -2.38. The van der Waals surface area contributed by atoms with Crippen molar-refractivity contribution in [3.63, 3.8) is 0 Å². The van der Waals surface area contributed by atoms with E-state index in [9.17, 15) is 0 Å². The van der Waals surface area contributed by atoms with E-state index in [1.165, 1.54) is 6.07 Å². The maximum atomic E-state index is 15.3. The Morgan fingerprint density at radius 3 is 2.12 bits per heavy atom. The molecule has 2 aliphatic rings. The number of fused-ring (bicyclic) bond motifs is 8. The van der Waals surface area contributed by atoms with E-state index in [1.807, 2.05) is 48.5 Å². The number of methoxy groups -OCH3 is 3. The first-order valence-electron chi connectivity index (χ1n) is 14.0. The summed E-state index contributed by atoms with van der Waals surface area (Å²) in [6, 6.07) is 27.2. The number of ether oxygens (including phenoxy) is 4. The van der Waals surface area contributed by atoms with Gasteiger partial charge in [0.25, 0.3) is 0 Å². The summed E-state index contributed by atoms with van der Waals surface area (Å²) >= 11 is 0. The molecule has 5 heteroatoms. The molecule has 1 aliphatic heterocycles. The predicted octanol–water partition coefficient (Wildman–Crippen LogP) is 8.66. The van der Waals surface area contributed by atoms with Gasteiger partial charge in [-0.25, -0.2) is 4.39 Å². The van der Waals surface area contributed by atoms with Crippen LogP contribution in [0.15, 0.2) is 91.0 Å². The third-order valence-corrected chi connectivity index (χ3v) is 8.81. The number of halogens is 1. The molecule has 1 atom stereocenters. The highest BCUT2D eigenvalue weighted by molar-refractivity contribution is 6.10. The number of hydrogen-bond acceptors (Lipinski definition) is 4. The van der Waals surface area contributed by atoms with Gasteiger partial charge in [-0.3, -0.25) is 0 Å². The minimum atomic E-state index is -0.945. The highest BCUT2D eigenvalue weighted by atomic mass is 19.1. The zero-order valence-electron chi connectivity index (χ0n) is 24.2. The highest BCUT2D eigenvalue weighted by Crippen LogP contribution is 2.59. The summed E-state index contributed by atoms with van der Waals surface area (Å²) < 4.78 is 39.4. The molecule has 0 spiro atoms. The van der Waals surface area contributed by atoms with Gasteiger partial charge < -0.3 is 18.9 Å². The van der Waals surface area contributed by atoms with Gasteiger partial charge in [0.2, 0.25) is 0 Å². The number of rotatable bonds is 5. The monoisotopic (exact) mass is 558 g/mol. The molecule has 210 valence electrons. The lowest BCUT2D eigenvalue weighted by Crippen LogP contribution is -2.35. The maximum absolute atomic E-state index is 15.3. The van der Waals surface area contributed by atoms with Gasteiger partial charge in [-0.2, -0.15) is 0 Å². The van der Waals surface area contributed by atoms with Gasteiger partial charge >= 0.3 is 0 Å². The van der Waals surface area contributed by atoms with E-state index < -0.39 is 11.0 Å². The molecule has 0 fully saturated rings. The normalized spacial score (nSPS) is 17.7. The third-order valence-electron chi connectivity index (χ3n) is 8.81. The number of hydrogen-bond donors (Lipinski definition) is 0. The van der Waals surface area contributed by atoms with Crippen LogP contribution in [-0.2, 0) is 11.0 Å². The summed E-state index contributed by atoms with van der Waals surface area (Å²) in [7, 11) is 4.90. The van der Waals surface area contributed by atoms with Crippen molar-refractivity contribution in [1.82, 2.24) is 0 Å². The van der Waals surface area contributed by atoms with Crippen LogP contribution in [0.2, 0.25) is 0 Å². The second kappa shape index (κ2) is 9.38. The molecule has 7 rings (SSSR count). The van der Waals surface area contributed by atoms with Gasteiger partial charge in [-0.05, 0) is 58.7 Å². The topological polar surface area (TPSA) is 36.9 Å². The molecule has 5 aromatic rings. The summed E-state index contributed by atoms with van der Waals surface area (Å²) in [5, 5.41) is 1.50. The van der Waals surface area contributed by atoms with Gasteiger partial charge in [-0.15, -0.1) is 0 Å². The van der Waals surface area contributed by atoms with Crippen molar-refractivity contribution in [1.29, 1.82) is 0 Å². The second-order valence-electron chi connectivity index (χ2n) is 11.3. The van der Waals surface area contributed by atoms with Gasteiger partial charge in [0, 0.05) is 33.6 Å². The van der Waals surface area contributed by atoms with Crippen molar-refractivity contribution in [2.45, 2.75) is 24.9 Å². The predicted molar refractivity (Wildman–Crippen MR) is 164 cm³/mol. The van der Waals surface area contributed by atoms with E-state index in [-0.39, 0.29) is 5.82 Å². The Bertz CT molecular complexity index is 1890. The van der Waals surface area contributed by atoms with Crippen LogP contribution in [0.5, 0.6) is 23.0 Å². The average Bonchev–Trinajstić information content (AvgIpc) is 3.27. The Hall–Kier alpha value is -4.77. The van der Waals surface area contributed by atoms with Crippen LogP contribution >= 0.6 is 0 Å². The molecule has 0 saturated carbocycles. The van der Waals surface area contributed by atoms with E-state index >= 15 is 4.39 Å². The van der Waals surface area contributed by atoms with E-state index in [0.717, 1.165) is 61.2 Å². The first kappa shape index (κ1) is 26.1. The smallest absolute Gasteiger partial charge is 0.178 e. The molecule has 0 saturated heterocycles. The fourth-order valence-corrected chi connectivity index (χ4v) is 6.80. The molecule has 1 unspecified atom stereocenters. The SMILES string of the molecule is COc1ccc(C2(c3ccccc3)C=Cc3c4c(c5cc(F)cc(OC)c5c3O2)-c2ccc(OC)cc2C4(C)C)cc1. The van der Waals surface area contributed by atoms with Crippen LogP contribution in [0.4, 0.5) is 4.39 Å². The Morgan fingerprint density at radius 1 is 0.738 bits per heavy atom. The molecule has 0 aromatic heterocycles. The van der Waals surface area contributed by atoms with Crippen molar-refractivity contribution < 1.29 is 23.3 Å². The second-order valence-corrected chi connectivity index (χ2v) is 11.3. The lowest BCUT2D eigenvalue weighted by molar-refractivity contribution is 0.163. The van der Waals surface area contributed by atoms with Crippen molar-refractivity contribution in [3.8, 4) is 34.1 Å². The molecule has 0 bridgehead atoms. The number of benzene rings is 5. The molecular weight excluding hydrogens is 527 g/mol. The fraction of sp³-hybridized carbons (Fsp3) is 0.189. The fourth-order valence-electron chi connectivity index (χ4n) is 6.80. The van der Waals surface area contributed by atoms with Gasteiger partial charge in [0.05, 0.1) is 26.7 Å². The Balaban J connectivity index is 1.59. The summed E-state index contributed by atoms with van der Waals surface area (Å²) in [6.45, 7) is 4.41. The third kappa shape index (κ3) is 3.59. The largest absolute Gasteiger partial charge is 0.497 e. The van der Waals surface area contributed by atoms with Crippen molar-refractivity contribution in [2.75, 3.05) is 21.3 Å². The molecule has 1 aliphatic carbocycles. The Labute approximate surface area is 244 Å². The van der Waals surface area contributed by atoms with Crippen LogP contribution in [0.1, 0.15) is 41.7 Å². The van der Waals surface area contributed by atoms with Crippen LogP contribution in [-0.4, -0.2) is 21.3 Å². The van der Waals surface area contributed by atoms with Gasteiger partial charge in [-0.1, -0.05) is 68.5 Å². The standard InChI is InChI=1S/C37H31FO4/c1-36(2)30-21-26(40-4)15-16-27(30)32-29-19-24(38)20-31(41-5)33(29)35-28(34(32)36)17-18-37(42-35,22-9-7-6-8-10-22)23-11-13-25(39-3)14-12-23/h6-21H,1-5H3. The maximum Gasteiger partial charge on any atom is 0.178 e. The van der Waals surface area contributed by atoms with Crippen LogP contribution in [0.3, 0.4) is 0 Å². The zero-order chi connectivity index (χ0) is 29.2. The highest BCUT2D eigenvalue weighted by Gasteiger charge is 2.45. The zero-order valence-corrected chi connectivity index (χ0v) is 24.2. The van der Waals surface area contributed by atoms with Gasteiger partial charge in [0.1, 0.15) is 28.8 Å². The van der Waals surface area contributed by atoms with Gasteiger partial charge in [0.15, 0.2) is 5.60 Å². The molecule has 5 aromatic carbocycles. The first-order chi connectivity index (χ1) is 20.3. The van der Waals surface area contributed by atoms with Crippen LogP contribution in [0.25, 0.3) is 28.0 Å². The van der Waals surface area contributed by atoms with E-state index in [1.54, 1.807) is 27.4 Å². The van der Waals surface area contributed by atoms with Crippen LogP contribution in [0, 0.1) is 5.82 Å². The summed E-state index contributed by atoms with van der Waals surface area (Å²) in [6.07, 6.45) is 4.30. The average molecular weight is 559 g/mol. The molecular formula is C37H31FO4.